The molecule has 0 aromatic carbocycles. The number of anilines is 1. The number of thiazole rings is 1. The highest BCUT2D eigenvalue weighted by atomic mass is 32.1. The van der Waals surface area contributed by atoms with Crippen LogP contribution in [0.3, 0.4) is 0 Å². The molecule has 3 atom stereocenters. The molecule has 0 radical (unpaired) electrons. The van der Waals surface area contributed by atoms with Crippen molar-refractivity contribution in [1.29, 1.82) is 0 Å². The molecule has 2 heterocycles. The molecule has 108 valence electrons. The fourth-order valence-electron chi connectivity index (χ4n) is 2.92. The highest BCUT2D eigenvalue weighted by Crippen LogP contribution is 2.35. The fourth-order valence-corrected chi connectivity index (χ4v) is 4.13. The summed E-state index contributed by atoms with van der Waals surface area (Å²) in [4.78, 5) is 8.73. The molecule has 0 spiro atoms. The molecule has 1 N–H and O–H groups in total. The molecule has 1 aromatic rings. The molecule has 3 nitrogen and oxygen atoms in total. The molecule has 1 aliphatic rings. The summed E-state index contributed by atoms with van der Waals surface area (Å²) in [5.74, 6) is 0.771. The van der Waals surface area contributed by atoms with Crippen LogP contribution in [0.4, 0.5) is 5.13 Å². The maximum atomic E-state index is 4.83. The van der Waals surface area contributed by atoms with E-state index in [0.29, 0.717) is 12.1 Å². The van der Waals surface area contributed by atoms with Crippen molar-refractivity contribution in [3.8, 4) is 0 Å². The number of piperidine rings is 1. The van der Waals surface area contributed by atoms with E-state index in [0.717, 1.165) is 19.0 Å². The zero-order valence-electron chi connectivity index (χ0n) is 12.9. The lowest BCUT2D eigenvalue weighted by atomic mass is 9.93. The third-order valence-electron chi connectivity index (χ3n) is 4.34. The Morgan fingerprint density at radius 1 is 1.47 bits per heavy atom. The summed E-state index contributed by atoms with van der Waals surface area (Å²) in [6.45, 7) is 13.4. The summed E-state index contributed by atoms with van der Waals surface area (Å²) in [5.41, 5.74) is 1.19. The lowest BCUT2D eigenvalue weighted by Gasteiger charge is -2.37. The van der Waals surface area contributed by atoms with E-state index in [1.807, 2.05) is 11.3 Å². The first kappa shape index (κ1) is 14.8. The van der Waals surface area contributed by atoms with Crippen LogP contribution in [0, 0.1) is 12.8 Å². The van der Waals surface area contributed by atoms with E-state index in [9.17, 15) is 0 Å². The number of nitrogens with one attached hydrogen (secondary N) is 1. The Hall–Kier alpha value is -0.610. The van der Waals surface area contributed by atoms with Gasteiger partial charge in [-0.2, -0.15) is 0 Å². The summed E-state index contributed by atoms with van der Waals surface area (Å²) >= 11 is 1.87. The molecule has 0 saturated carbocycles. The third-order valence-corrected chi connectivity index (χ3v) is 5.72. The summed E-state index contributed by atoms with van der Waals surface area (Å²) in [7, 11) is 0. The molecule has 19 heavy (non-hydrogen) atoms. The number of nitrogens with zero attached hydrogens (tertiary/aromatic N) is 2. The van der Waals surface area contributed by atoms with Crippen molar-refractivity contribution in [2.75, 3.05) is 18.0 Å². The van der Waals surface area contributed by atoms with Crippen molar-refractivity contribution in [1.82, 2.24) is 10.3 Å². The van der Waals surface area contributed by atoms with Crippen LogP contribution in [0.2, 0.25) is 0 Å². The van der Waals surface area contributed by atoms with E-state index < -0.39 is 0 Å². The van der Waals surface area contributed by atoms with Crippen molar-refractivity contribution in [2.45, 2.75) is 59.5 Å². The zero-order chi connectivity index (χ0) is 14.0. The summed E-state index contributed by atoms with van der Waals surface area (Å²) in [6.07, 6.45) is 2.64. The van der Waals surface area contributed by atoms with Gasteiger partial charge < -0.3 is 10.2 Å². The van der Waals surface area contributed by atoms with Crippen molar-refractivity contribution in [2.24, 2.45) is 5.92 Å². The van der Waals surface area contributed by atoms with E-state index in [-0.39, 0.29) is 0 Å². The Bertz CT molecular complexity index is 416. The van der Waals surface area contributed by atoms with Crippen LogP contribution in [0.5, 0.6) is 0 Å². The molecular weight excluding hydrogens is 254 g/mol. The van der Waals surface area contributed by atoms with Crippen LogP contribution in [-0.2, 0) is 0 Å². The standard InChI is InChI=1S/C15H27N3S/c1-6-16-11(3)14-12(4)17-15(19-14)18-9-7-8-10(2)13(18)5/h10-11,13,16H,6-9H2,1-5H3. The van der Waals surface area contributed by atoms with Gasteiger partial charge in [-0.25, -0.2) is 4.98 Å². The molecule has 4 heteroatoms. The van der Waals surface area contributed by atoms with Crippen molar-refractivity contribution < 1.29 is 0 Å². The Balaban J connectivity index is 2.19. The van der Waals surface area contributed by atoms with Crippen LogP contribution < -0.4 is 10.2 Å². The van der Waals surface area contributed by atoms with Gasteiger partial charge in [-0.05, 0) is 46.1 Å². The van der Waals surface area contributed by atoms with Crippen molar-refractivity contribution in [3.05, 3.63) is 10.6 Å². The first-order chi connectivity index (χ1) is 9.04. The predicted octanol–water partition coefficient (Wildman–Crippen LogP) is 3.75. The van der Waals surface area contributed by atoms with Gasteiger partial charge in [0.15, 0.2) is 5.13 Å². The molecule has 2 rings (SSSR count). The van der Waals surface area contributed by atoms with E-state index in [1.54, 1.807) is 0 Å². The minimum absolute atomic E-state index is 0.411. The Kier molecular flexibility index (Phi) is 4.85. The predicted molar refractivity (Wildman–Crippen MR) is 84.1 cm³/mol. The second-order valence-corrected chi connectivity index (χ2v) is 6.79. The quantitative estimate of drug-likeness (QED) is 0.911. The largest absolute Gasteiger partial charge is 0.345 e. The van der Waals surface area contributed by atoms with E-state index in [4.69, 9.17) is 4.98 Å². The zero-order valence-corrected chi connectivity index (χ0v) is 13.7. The highest BCUT2D eigenvalue weighted by Gasteiger charge is 2.27. The maximum absolute atomic E-state index is 4.83. The molecule has 1 aliphatic heterocycles. The number of aromatic nitrogens is 1. The van der Waals surface area contributed by atoms with E-state index >= 15 is 0 Å². The normalized spacial score (nSPS) is 25.6. The monoisotopic (exact) mass is 281 g/mol. The summed E-state index contributed by atoms with van der Waals surface area (Å²) in [5, 5.41) is 4.71. The minimum Gasteiger partial charge on any atom is -0.345 e. The fraction of sp³-hybridized carbons (Fsp3) is 0.800. The summed E-state index contributed by atoms with van der Waals surface area (Å²) in [6, 6.07) is 1.02. The molecule has 0 aliphatic carbocycles. The van der Waals surface area contributed by atoms with Gasteiger partial charge in [-0.3, -0.25) is 0 Å². The van der Waals surface area contributed by atoms with E-state index in [2.05, 4.69) is 44.8 Å². The van der Waals surface area contributed by atoms with Gasteiger partial charge in [0.05, 0.1) is 5.69 Å². The first-order valence-corrected chi connectivity index (χ1v) is 8.33. The Labute approximate surface area is 121 Å². The smallest absolute Gasteiger partial charge is 0.186 e. The SMILES string of the molecule is CCNC(C)c1sc(N2CCCC(C)C2C)nc1C. The molecule has 1 saturated heterocycles. The van der Waals surface area contributed by atoms with Gasteiger partial charge in [-0.1, -0.05) is 13.8 Å². The van der Waals surface area contributed by atoms with Crippen molar-refractivity contribution in [3.63, 3.8) is 0 Å². The van der Waals surface area contributed by atoms with Crippen LogP contribution in [0.25, 0.3) is 0 Å². The third kappa shape index (κ3) is 3.11. The number of hydrogen-bond donors (Lipinski definition) is 1. The number of rotatable bonds is 4. The minimum atomic E-state index is 0.411. The average molecular weight is 281 g/mol. The molecule has 1 aromatic heterocycles. The lowest BCUT2D eigenvalue weighted by Crippen LogP contribution is -2.42. The molecular formula is C15H27N3S. The number of hydrogen-bond acceptors (Lipinski definition) is 4. The highest BCUT2D eigenvalue weighted by molar-refractivity contribution is 7.15. The van der Waals surface area contributed by atoms with Gasteiger partial charge >= 0.3 is 0 Å². The van der Waals surface area contributed by atoms with Gasteiger partial charge in [0, 0.05) is 23.5 Å². The lowest BCUT2D eigenvalue weighted by molar-refractivity contribution is 0.363. The van der Waals surface area contributed by atoms with Gasteiger partial charge in [-0.15, -0.1) is 11.3 Å². The Morgan fingerprint density at radius 2 is 2.21 bits per heavy atom. The molecule has 0 amide bonds. The first-order valence-electron chi connectivity index (χ1n) is 7.52. The topological polar surface area (TPSA) is 28.2 Å². The second-order valence-electron chi connectivity index (χ2n) is 5.78. The van der Waals surface area contributed by atoms with E-state index in [1.165, 1.54) is 28.5 Å². The number of aryl methyl sites for hydroxylation is 1. The average Bonchev–Trinajstić information content (AvgIpc) is 2.75. The van der Waals surface area contributed by atoms with Crippen LogP contribution >= 0.6 is 11.3 Å². The van der Waals surface area contributed by atoms with Gasteiger partial charge in [0.2, 0.25) is 0 Å². The molecule has 0 bridgehead atoms. The van der Waals surface area contributed by atoms with Gasteiger partial charge in [0.1, 0.15) is 0 Å². The van der Waals surface area contributed by atoms with Crippen molar-refractivity contribution >= 4 is 16.5 Å². The molecule has 1 fully saturated rings. The van der Waals surface area contributed by atoms with Crippen LogP contribution in [-0.4, -0.2) is 24.1 Å². The maximum Gasteiger partial charge on any atom is 0.186 e. The van der Waals surface area contributed by atoms with Gasteiger partial charge in [0.25, 0.3) is 0 Å². The molecule has 3 unspecified atom stereocenters. The second kappa shape index (κ2) is 6.23. The van der Waals surface area contributed by atoms with Crippen LogP contribution in [0.1, 0.15) is 57.1 Å². The summed E-state index contributed by atoms with van der Waals surface area (Å²) < 4.78 is 0. The van der Waals surface area contributed by atoms with Crippen LogP contribution in [0.15, 0.2) is 0 Å². The Morgan fingerprint density at radius 3 is 2.89 bits per heavy atom.